The average molecular weight is 580 g/mol. The first kappa shape index (κ1) is 34.8. The summed E-state index contributed by atoms with van der Waals surface area (Å²) in [6, 6.07) is 13.7. The first-order valence-corrected chi connectivity index (χ1v) is 15.3. The fourth-order valence-corrected chi connectivity index (χ4v) is 5.17. The van der Waals surface area contributed by atoms with E-state index in [1.165, 1.54) is 0 Å². The van der Waals surface area contributed by atoms with Crippen molar-refractivity contribution in [3.05, 3.63) is 70.8 Å². The summed E-state index contributed by atoms with van der Waals surface area (Å²) in [6.45, 7) is 20.0. The second kappa shape index (κ2) is 15.8. The molecule has 0 heterocycles. The van der Waals surface area contributed by atoms with E-state index in [-0.39, 0.29) is 23.8 Å². The molecule has 2 aromatic rings. The second-order valence-corrected chi connectivity index (χ2v) is 13.3. The SMILES string of the molecule is Cc1cccc(C)c1C(C(=O)NCc1ccccc1)N(C(=O)C(CC(C)C)NC(=O)OC(C)(C)C)C(C)CCC(C)C. The highest BCUT2D eigenvalue weighted by Crippen LogP contribution is 2.32. The van der Waals surface area contributed by atoms with E-state index in [2.05, 4.69) is 24.5 Å². The molecule has 0 aliphatic rings. The van der Waals surface area contributed by atoms with Crippen molar-refractivity contribution in [2.45, 2.75) is 119 Å². The van der Waals surface area contributed by atoms with Crippen molar-refractivity contribution in [2.75, 3.05) is 0 Å². The normalized spacial score (nSPS) is 13.8. The largest absolute Gasteiger partial charge is 0.444 e. The van der Waals surface area contributed by atoms with E-state index in [4.69, 9.17) is 4.74 Å². The van der Waals surface area contributed by atoms with Gasteiger partial charge in [0.1, 0.15) is 17.7 Å². The lowest BCUT2D eigenvalue weighted by Crippen LogP contribution is -2.56. The van der Waals surface area contributed by atoms with Crippen LogP contribution in [0.4, 0.5) is 4.79 Å². The van der Waals surface area contributed by atoms with Gasteiger partial charge in [-0.1, -0.05) is 76.2 Å². The minimum atomic E-state index is -0.875. The number of ether oxygens (including phenoxy) is 1. The van der Waals surface area contributed by atoms with Gasteiger partial charge in [0.25, 0.3) is 0 Å². The van der Waals surface area contributed by atoms with E-state index in [0.29, 0.717) is 18.9 Å². The average Bonchev–Trinajstić information content (AvgIpc) is 2.88. The molecule has 0 saturated carbocycles. The Kier molecular flexibility index (Phi) is 13.1. The second-order valence-electron chi connectivity index (χ2n) is 13.3. The number of nitrogens with zero attached hydrogens (tertiary/aromatic N) is 1. The Bertz CT molecular complexity index is 1150. The highest BCUT2D eigenvalue weighted by atomic mass is 16.6. The maximum absolute atomic E-state index is 14.7. The van der Waals surface area contributed by atoms with Gasteiger partial charge in [-0.2, -0.15) is 0 Å². The van der Waals surface area contributed by atoms with Gasteiger partial charge in [0.05, 0.1) is 0 Å². The third kappa shape index (κ3) is 10.8. The van der Waals surface area contributed by atoms with Gasteiger partial charge in [0, 0.05) is 12.6 Å². The number of carbonyl (C=O) groups excluding carboxylic acids is 3. The van der Waals surface area contributed by atoms with Crippen molar-refractivity contribution < 1.29 is 19.1 Å². The molecule has 0 saturated heterocycles. The Hall–Kier alpha value is -3.35. The topological polar surface area (TPSA) is 87.7 Å². The lowest BCUT2D eigenvalue weighted by molar-refractivity contribution is -0.145. The number of aryl methyl sites for hydroxylation is 2. The van der Waals surface area contributed by atoms with Gasteiger partial charge in [-0.25, -0.2) is 4.79 Å². The lowest BCUT2D eigenvalue weighted by Gasteiger charge is -2.40. The molecule has 0 bridgehead atoms. The van der Waals surface area contributed by atoms with Crippen LogP contribution in [0, 0.1) is 25.7 Å². The molecule has 0 spiro atoms. The number of hydrogen-bond donors (Lipinski definition) is 2. The first-order chi connectivity index (χ1) is 19.6. The molecule has 2 N–H and O–H groups in total. The Morgan fingerprint density at radius 1 is 0.833 bits per heavy atom. The van der Waals surface area contributed by atoms with Crippen LogP contribution in [0.5, 0.6) is 0 Å². The molecular formula is C35H53N3O4. The summed E-state index contributed by atoms with van der Waals surface area (Å²) in [5.41, 5.74) is 2.95. The molecule has 7 nitrogen and oxygen atoms in total. The molecule has 0 fully saturated rings. The van der Waals surface area contributed by atoms with E-state index >= 15 is 0 Å². The quantitative estimate of drug-likeness (QED) is 0.262. The summed E-state index contributed by atoms with van der Waals surface area (Å²) in [5, 5.41) is 5.97. The van der Waals surface area contributed by atoms with Crippen molar-refractivity contribution >= 4 is 17.9 Å². The molecule has 7 heteroatoms. The predicted molar refractivity (Wildman–Crippen MR) is 170 cm³/mol. The predicted octanol–water partition coefficient (Wildman–Crippen LogP) is 7.25. The van der Waals surface area contributed by atoms with Crippen molar-refractivity contribution in [3.8, 4) is 0 Å². The minimum Gasteiger partial charge on any atom is -0.444 e. The number of alkyl carbamates (subject to hydrolysis) is 1. The van der Waals surface area contributed by atoms with Gasteiger partial charge in [0.15, 0.2) is 0 Å². The van der Waals surface area contributed by atoms with E-state index in [1.54, 1.807) is 25.7 Å². The summed E-state index contributed by atoms with van der Waals surface area (Å²) in [6.07, 6.45) is 1.38. The first-order valence-electron chi connectivity index (χ1n) is 15.3. The summed E-state index contributed by atoms with van der Waals surface area (Å²) < 4.78 is 5.54. The van der Waals surface area contributed by atoms with Crippen LogP contribution in [0.3, 0.4) is 0 Å². The summed E-state index contributed by atoms with van der Waals surface area (Å²) in [5.74, 6) is 0.0171. The minimum absolute atomic E-state index is 0.118. The molecule has 42 heavy (non-hydrogen) atoms. The molecule has 232 valence electrons. The fraction of sp³-hybridized carbons (Fsp3) is 0.571. The third-order valence-electron chi connectivity index (χ3n) is 7.24. The zero-order chi connectivity index (χ0) is 31.6. The number of carbonyl (C=O) groups is 3. The van der Waals surface area contributed by atoms with Gasteiger partial charge in [-0.3, -0.25) is 9.59 Å². The van der Waals surface area contributed by atoms with Crippen LogP contribution in [0.2, 0.25) is 0 Å². The molecule has 2 rings (SSSR count). The number of rotatable bonds is 13. The van der Waals surface area contributed by atoms with E-state index in [9.17, 15) is 14.4 Å². The Morgan fingerprint density at radius 2 is 1.43 bits per heavy atom. The van der Waals surface area contributed by atoms with Crippen LogP contribution in [0.1, 0.15) is 103 Å². The van der Waals surface area contributed by atoms with Crippen LogP contribution < -0.4 is 10.6 Å². The van der Waals surface area contributed by atoms with Crippen molar-refractivity contribution in [1.29, 1.82) is 0 Å². The standard InChI is InChI=1S/C35H53N3O4/c1-23(2)19-20-27(7)38(33(40)29(21-24(3)4)37-34(41)42-35(8,9)10)31(30-25(5)15-14-16-26(30)6)32(39)36-22-28-17-12-11-13-18-28/h11-18,23-24,27,29,31H,19-22H2,1-10H3,(H,36,39)(H,37,41). The van der Waals surface area contributed by atoms with Crippen LogP contribution in [-0.4, -0.2) is 40.5 Å². The highest BCUT2D eigenvalue weighted by molar-refractivity contribution is 5.92. The molecule has 3 amide bonds. The Morgan fingerprint density at radius 3 is 1.95 bits per heavy atom. The van der Waals surface area contributed by atoms with E-state index in [1.807, 2.05) is 83.1 Å². The van der Waals surface area contributed by atoms with Gasteiger partial charge >= 0.3 is 6.09 Å². The summed E-state index contributed by atoms with van der Waals surface area (Å²) >= 11 is 0. The third-order valence-corrected chi connectivity index (χ3v) is 7.24. The number of nitrogens with one attached hydrogen (secondary N) is 2. The van der Waals surface area contributed by atoms with E-state index < -0.39 is 23.8 Å². The van der Waals surface area contributed by atoms with Gasteiger partial charge < -0.3 is 20.3 Å². The monoisotopic (exact) mass is 579 g/mol. The number of benzene rings is 2. The number of amides is 3. The fourth-order valence-electron chi connectivity index (χ4n) is 5.17. The molecule has 2 aromatic carbocycles. The van der Waals surface area contributed by atoms with Crippen LogP contribution in [0.15, 0.2) is 48.5 Å². The zero-order valence-electron chi connectivity index (χ0n) is 27.4. The number of hydrogen-bond acceptors (Lipinski definition) is 4. The van der Waals surface area contributed by atoms with E-state index in [0.717, 1.165) is 35.1 Å². The van der Waals surface area contributed by atoms with Gasteiger partial charge in [0.2, 0.25) is 11.8 Å². The van der Waals surface area contributed by atoms with Crippen LogP contribution in [-0.2, 0) is 20.9 Å². The molecular weight excluding hydrogens is 526 g/mol. The maximum Gasteiger partial charge on any atom is 0.408 e. The Balaban J connectivity index is 2.63. The van der Waals surface area contributed by atoms with Crippen LogP contribution >= 0.6 is 0 Å². The van der Waals surface area contributed by atoms with Crippen molar-refractivity contribution in [3.63, 3.8) is 0 Å². The van der Waals surface area contributed by atoms with Crippen molar-refractivity contribution in [1.82, 2.24) is 15.5 Å². The molecule has 0 aliphatic heterocycles. The van der Waals surface area contributed by atoms with Crippen molar-refractivity contribution in [2.24, 2.45) is 11.8 Å². The maximum atomic E-state index is 14.7. The molecule has 0 radical (unpaired) electrons. The lowest BCUT2D eigenvalue weighted by atomic mass is 9.91. The molecule has 0 aromatic heterocycles. The molecule has 0 aliphatic carbocycles. The highest BCUT2D eigenvalue weighted by Gasteiger charge is 2.40. The van der Waals surface area contributed by atoms with Crippen LogP contribution in [0.25, 0.3) is 0 Å². The summed E-state index contributed by atoms with van der Waals surface area (Å²) in [4.78, 5) is 43.6. The van der Waals surface area contributed by atoms with Gasteiger partial charge in [-0.05, 0) is 94.9 Å². The summed E-state index contributed by atoms with van der Waals surface area (Å²) in [7, 11) is 0. The smallest absolute Gasteiger partial charge is 0.408 e. The molecule has 3 atom stereocenters. The Labute approximate surface area is 253 Å². The molecule has 3 unspecified atom stereocenters. The van der Waals surface area contributed by atoms with Gasteiger partial charge in [-0.15, -0.1) is 0 Å². The zero-order valence-corrected chi connectivity index (χ0v) is 27.4.